The lowest BCUT2D eigenvalue weighted by Gasteiger charge is -2.76. The Morgan fingerprint density at radius 2 is 1.53 bits per heavy atom. The summed E-state index contributed by atoms with van der Waals surface area (Å²) in [7, 11) is 1.17. The van der Waals surface area contributed by atoms with Gasteiger partial charge in [0.1, 0.15) is 35.6 Å². The summed E-state index contributed by atoms with van der Waals surface area (Å²) >= 11 is 0. The summed E-state index contributed by atoms with van der Waals surface area (Å²) in [6.07, 6.45) is -3.58. The Hall–Kier alpha value is -4.02. The highest BCUT2D eigenvalue weighted by atomic mass is 16.9. The van der Waals surface area contributed by atoms with Gasteiger partial charge in [-0.2, -0.15) is 0 Å². The number of esters is 6. The van der Waals surface area contributed by atoms with E-state index >= 15 is 0 Å². The minimum Gasteiger partial charge on any atom is -0.472 e. The molecule has 4 saturated carbocycles. The third-order valence-electron chi connectivity index (χ3n) is 14.1. The number of furan rings is 1. The first-order valence-corrected chi connectivity index (χ1v) is 17.8. The van der Waals surface area contributed by atoms with Gasteiger partial charge in [0.05, 0.1) is 43.0 Å². The van der Waals surface area contributed by atoms with Crippen LogP contribution in [0, 0.1) is 34.0 Å². The molecule has 1 aromatic heterocycles. The molecule has 16 nitrogen and oxygen atoms in total. The monoisotopic (exact) mass is 744 g/mol. The summed E-state index contributed by atoms with van der Waals surface area (Å²) in [4.78, 5) is 80.2. The third-order valence-corrected chi connectivity index (χ3v) is 14.1. The Bertz CT molecular complexity index is 1820. The summed E-state index contributed by atoms with van der Waals surface area (Å²) in [5.74, 6) is -9.18. The minimum atomic E-state index is -1.87. The summed E-state index contributed by atoms with van der Waals surface area (Å²) in [6, 6.07) is 1.64. The van der Waals surface area contributed by atoms with Crippen LogP contribution in [0.2, 0.25) is 0 Å². The van der Waals surface area contributed by atoms with Gasteiger partial charge in [0.25, 0.3) is 5.97 Å². The van der Waals surface area contributed by atoms with Gasteiger partial charge in [-0.15, -0.1) is 0 Å². The van der Waals surface area contributed by atoms with Crippen LogP contribution in [0.3, 0.4) is 0 Å². The van der Waals surface area contributed by atoms with E-state index in [2.05, 4.69) is 0 Å². The fraction of sp³-hybridized carbons (Fsp3) is 0.730. The number of cyclic esters (lactones) is 1. The van der Waals surface area contributed by atoms with Crippen molar-refractivity contribution in [2.24, 2.45) is 34.0 Å². The first-order chi connectivity index (χ1) is 24.7. The highest BCUT2D eigenvalue weighted by Gasteiger charge is 3.01. The van der Waals surface area contributed by atoms with Crippen molar-refractivity contribution in [3.8, 4) is 0 Å². The Morgan fingerprint density at radius 3 is 2.11 bits per heavy atom. The Labute approximate surface area is 304 Å². The Kier molecular flexibility index (Phi) is 7.34. The molecule has 4 heterocycles. The second kappa shape index (κ2) is 10.8. The first-order valence-electron chi connectivity index (χ1n) is 17.8. The van der Waals surface area contributed by atoms with Gasteiger partial charge in [-0.1, -0.05) is 20.8 Å². The molecule has 1 aromatic rings. The number of rotatable bonds is 7. The molecule has 4 aliphatic carbocycles. The summed E-state index contributed by atoms with van der Waals surface area (Å²) in [5.41, 5.74) is -8.50. The van der Waals surface area contributed by atoms with Crippen molar-refractivity contribution in [1.82, 2.24) is 0 Å². The van der Waals surface area contributed by atoms with E-state index in [1.54, 1.807) is 13.0 Å². The lowest BCUT2D eigenvalue weighted by Crippen LogP contribution is -2.90. The van der Waals surface area contributed by atoms with Crippen molar-refractivity contribution in [2.75, 3.05) is 7.11 Å². The van der Waals surface area contributed by atoms with Crippen LogP contribution in [0.5, 0.6) is 0 Å². The van der Waals surface area contributed by atoms with Gasteiger partial charge in [-0.05, 0) is 12.5 Å². The Morgan fingerprint density at radius 1 is 0.868 bits per heavy atom. The topological polar surface area (TPSA) is 199 Å². The maximum atomic E-state index is 13.9. The van der Waals surface area contributed by atoms with Crippen molar-refractivity contribution >= 4 is 35.8 Å². The van der Waals surface area contributed by atoms with Crippen molar-refractivity contribution in [1.29, 1.82) is 0 Å². The zero-order valence-corrected chi connectivity index (χ0v) is 31.0. The molecule has 1 unspecified atom stereocenters. The molecule has 3 aliphatic heterocycles. The molecule has 4 bridgehead atoms. The lowest BCUT2D eigenvalue weighted by molar-refractivity contribution is -0.460. The van der Waals surface area contributed by atoms with Gasteiger partial charge in [0, 0.05) is 69.3 Å². The molecular formula is C37H44O16. The van der Waals surface area contributed by atoms with Crippen LogP contribution in [0.1, 0.15) is 86.3 Å². The van der Waals surface area contributed by atoms with E-state index in [0.29, 0.717) is 5.56 Å². The van der Waals surface area contributed by atoms with Crippen molar-refractivity contribution in [3.63, 3.8) is 0 Å². The molecule has 15 atom stereocenters. The molecule has 0 amide bonds. The van der Waals surface area contributed by atoms with Crippen molar-refractivity contribution in [3.05, 3.63) is 24.2 Å². The number of hydrogen-bond donors (Lipinski definition) is 0. The minimum absolute atomic E-state index is 0.107. The molecule has 2 spiro atoms. The van der Waals surface area contributed by atoms with E-state index in [4.69, 9.17) is 47.0 Å². The van der Waals surface area contributed by atoms with E-state index in [9.17, 15) is 28.8 Å². The fourth-order valence-corrected chi connectivity index (χ4v) is 13.1. The van der Waals surface area contributed by atoms with E-state index in [1.807, 2.05) is 20.8 Å². The highest BCUT2D eigenvalue weighted by molar-refractivity contribution is 5.80. The van der Waals surface area contributed by atoms with Crippen LogP contribution >= 0.6 is 0 Å². The number of ether oxygens (including phenoxy) is 9. The molecule has 16 heteroatoms. The molecule has 7 fully saturated rings. The Balaban J connectivity index is 1.49. The summed E-state index contributed by atoms with van der Waals surface area (Å²) < 4.78 is 62.9. The van der Waals surface area contributed by atoms with Gasteiger partial charge < -0.3 is 47.0 Å². The number of carbonyl (C=O) groups is 6. The van der Waals surface area contributed by atoms with Crippen LogP contribution in [-0.4, -0.2) is 90.1 Å². The first kappa shape index (κ1) is 36.0. The number of carbonyl (C=O) groups excluding carboxylic acids is 6. The maximum Gasteiger partial charge on any atom is 0.347 e. The average molecular weight is 745 g/mol. The second-order valence-electron chi connectivity index (χ2n) is 16.5. The normalized spacial score (nSPS) is 48.5. The SMILES string of the molecule is COC(=O)[C@@H](OC(C)=O)[C@H]1[C@@]2(C)C[C@]34O[C@]5(C)O[C@@]6([C@H](OC(C)=O)C3[C@H]2OC(C)=O)[C@@H]2CC(=O)O[C@@H](c3ccoc3)[C@]2(C)[C@@H](OC(C)=O)C[C@]6(O5)[C@]14C. The average Bonchev–Trinajstić information content (AvgIpc) is 3.74. The van der Waals surface area contributed by atoms with Gasteiger partial charge in [0.2, 0.25) is 6.10 Å². The van der Waals surface area contributed by atoms with E-state index < -0.39 is 123 Å². The van der Waals surface area contributed by atoms with Gasteiger partial charge in [-0.3, -0.25) is 24.0 Å². The standard InChI is InChI=1S/C37H44O16/c1-16(38)46-22-13-36-33(7)26(25(30(43)44-9)47-17(2)39)31(5)15-35(33)24(28(31)48-18(3)40)29(49-19(4)41)37(36,53-34(8,51-35)52-36)21-12-23(42)50-27(32(21,22)6)20-10-11-45-14-20/h10-11,14,21-22,24-29H,12-13,15H2,1-9H3/t21-,22+,24?,25+,26+,27+,28-,29-,31-,32+,33-,34+,35+,36+,37-/m1/s1. The summed E-state index contributed by atoms with van der Waals surface area (Å²) in [6.45, 7) is 12.0. The van der Waals surface area contributed by atoms with Crippen LogP contribution in [-0.2, 0) is 71.4 Å². The van der Waals surface area contributed by atoms with E-state index in [0.717, 1.165) is 6.92 Å². The van der Waals surface area contributed by atoms with Gasteiger partial charge >= 0.3 is 35.8 Å². The summed E-state index contributed by atoms with van der Waals surface area (Å²) in [5, 5.41) is 0. The van der Waals surface area contributed by atoms with Crippen molar-refractivity contribution in [2.45, 2.75) is 128 Å². The van der Waals surface area contributed by atoms with Gasteiger partial charge in [-0.25, -0.2) is 4.79 Å². The lowest BCUT2D eigenvalue weighted by atomic mass is 9.34. The molecule has 0 aromatic carbocycles. The molecule has 288 valence electrons. The molecule has 53 heavy (non-hydrogen) atoms. The maximum absolute atomic E-state index is 13.9. The predicted octanol–water partition coefficient (Wildman–Crippen LogP) is 2.84. The molecule has 0 radical (unpaired) electrons. The zero-order chi connectivity index (χ0) is 38.5. The van der Waals surface area contributed by atoms with Crippen molar-refractivity contribution < 1.29 is 75.8 Å². The fourth-order valence-electron chi connectivity index (χ4n) is 13.1. The largest absolute Gasteiger partial charge is 0.472 e. The van der Waals surface area contributed by atoms with E-state index in [1.165, 1.54) is 40.4 Å². The zero-order valence-electron chi connectivity index (χ0n) is 31.0. The van der Waals surface area contributed by atoms with Gasteiger partial charge in [0.15, 0.2) is 0 Å². The second-order valence-corrected chi connectivity index (χ2v) is 16.5. The molecule has 8 rings (SSSR count). The predicted molar refractivity (Wildman–Crippen MR) is 170 cm³/mol. The third kappa shape index (κ3) is 4.01. The highest BCUT2D eigenvalue weighted by Crippen LogP contribution is 2.89. The number of fused-ring (bicyclic) bond motifs is 3. The van der Waals surface area contributed by atoms with Crippen LogP contribution in [0.25, 0.3) is 0 Å². The smallest absolute Gasteiger partial charge is 0.347 e. The number of methoxy groups -OCH3 is 1. The number of hydrogen-bond acceptors (Lipinski definition) is 16. The molecule has 7 aliphatic rings. The molecule has 0 N–H and O–H groups in total. The van der Waals surface area contributed by atoms with Crippen LogP contribution < -0.4 is 0 Å². The van der Waals surface area contributed by atoms with E-state index in [-0.39, 0.29) is 19.3 Å². The quantitative estimate of drug-likeness (QED) is 0.291. The molecular weight excluding hydrogens is 700 g/mol. The van der Waals surface area contributed by atoms with Crippen LogP contribution in [0.4, 0.5) is 0 Å². The van der Waals surface area contributed by atoms with Crippen LogP contribution in [0.15, 0.2) is 23.0 Å². The molecule has 3 saturated heterocycles.